The van der Waals surface area contributed by atoms with Crippen molar-refractivity contribution in [1.29, 1.82) is 0 Å². The van der Waals surface area contributed by atoms with Crippen molar-refractivity contribution in [3.63, 3.8) is 0 Å². The van der Waals surface area contributed by atoms with E-state index in [0.29, 0.717) is 16.6 Å². The van der Waals surface area contributed by atoms with Gasteiger partial charge in [-0.15, -0.1) is 0 Å². The maximum absolute atomic E-state index is 11.2. The molecule has 1 aromatic rings. The molecule has 4 nitrogen and oxygen atoms in total. The summed E-state index contributed by atoms with van der Waals surface area (Å²) < 4.78 is 0. The van der Waals surface area contributed by atoms with Crippen LogP contribution in [-0.4, -0.2) is 30.1 Å². The summed E-state index contributed by atoms with van der Waals surface area (Å²) in [5, 5.41) is 20.4. The van der Waals surface area contributed by atoms with Crippen molar-refractivity contribution < 1.29 is 14.8 Å². The lowest BCUT2D eigenvalue weighted by Crippen LogP contribution is -2.32. The lowest BCUT2D eigenvalue weighted by atomic mass is 9.77. The molecule has 0 saturated carbocycles. The third kappa shape index (κ3) is 2.13. The molecule has 0 saturated heterocycles. The van der Waals surface area contributed by atoms with Gasteiger partial charge < -0.3 is 15.4 Å². The molecule has 5 heteroatoms. The molecule has 0 spiro atoms. The predicted molar refractivity (Wildman–Crippen MR) is 54.4 cm³/mol. The van der Waals surface area contributed by atoms with Gasteiger partial charge in [0.1, 0.15) is 0 Å². The highest BCUT2D eigenvalue weighted by atomic mass is 16.4. The number of hydrogen-bond donors (Lipinski definition) is 3. The van der Waals surface area contributed by atoms with Crippen LogP contribution in [-0.2, 0) is 0 Å². The second-order valence-corrected chi connectivity index (χ2v) is 3.02. The van der Waals surface area contributed by atoms with Crippen LogP contribution < -0.4 is 10.8 Å². The second kappa shape index (κ2) is 4.26. The van der Waals surface area contributed by atoms with Crippen LogP contribution in [0.5, 0.6) is 0 Å². The number of benzene rings is 1. The Bertz CT molecular complexity index is 352. The average molecular weight is 193 g/mol. The van der Waals surface area contributed by atoms with Gasteiger partial charge in [-0.2, -0.15) is 0 Å². The highest BCUT2D eigenvalue weighted by molar-refractivity contribution is 6.59. The molecule has 1 amide bonds. The van der Waals surface area contributed by atoms with E-state index in [-0.39, 0.29) is 5.91 Å². The van der Waals surface area contributed by atoms with Crippen molar-refractivity contribution in [2.75, 3.05) is 7.05 Å². The molecule has 1 rings (SSSR count). The van der Waals surface area contributed by atoms with E-state index in [4.69, 9.17) is 10.0 Å². The van der Waals surface area contributed by atoms with Crippen molar-refractivity contribution in [3.05, 3.63) is 29.3 Å². The minimum atomic E-state index is -1.49. The Labute approximate surface area is 82.7 Å². The zero-order valence-electron chi connectivity index (χ0n) is 8.11. The zero-order valence-corrected chi connectivity index (χ0v) is 8.11. The van der Waals surface area contributed by atoms with E-state index in [1.165, 1.54) is 6.07 Å². The van der Waals surface area contributed by atoms with Crippen molar-refractivity contribution in [1.82, 2.24) is 5.32 Å². The molecule has 1 aromatic carbocycles. The molecule has 0 aliphatic heterocycles. The topological polar surface area (TPSA) is 69.6 Å². The molecule has 0 atom stereocenters. The van der Waals surface area contributed by atoms with Gasteiger partial charge >= 0.3 is 7.12 Å². The summed E-state index contributed by atoms with van der Waals surface area (Å²) in [5.41, 5.74) is 1.60. The molecule has 0 unspecified atom stereocenters. The van der Waals surface area contributed by atoms with Crippen molar-refractivity contribution >= 4 is 18.5 Å². The van der Waals surface area contributed by atoms with Gasteiger partial charge in [-0.05, 0) is 24.5 Å². The summed E-state index contributed by atoms with van der Waals surface area (Å²) in [7, 11) is 0.0562. The Morgan fingerprint density at radius 1 is 1.43 bits per heavy atom. The molecule has 0 radical (unpaired) electrons. The van der Waals surface area contributed by atoms with Gasteiger partial charge in [0.15, 0.2) is 0 Å². The largest absolute Gasteiger partial charge is 0.488 e. The van der Waals surface area contributed by atoms with Crippen LogP contribution in [0.25, 0.3) is 0 Å². The van der Waals surface area contributed by atoms with Gasteiger partial charge in [0.2, 0.25) is 0 Å². The lowest BCUT2D eigenvalue weighted by molar-refractivity contribution is 0.0963. The number of rotatable bonds is 2. The SMILES string of the molecule is CNC(=O)c1ccc(B(O)O)c(C)c1. The first-order valence-corrected chi connectivity index (χ1v) is 4.25. The van der Waals surface area contributed by atoms with E-state index in [1.54, 1.807) is 26.1 Å². The fourth-order valence-electron chi connectivity index (χ4n) is 1.25. The second-order valence-electron chi connectivity index (χ2n) is 3.02. The number of carbonyl (C=O) groups excluding carboxylic acids is 1. The van der Waals surface area contributed by atoms with Gasteiger partial charge in [0, 0.05) is 12.6 Å². The van der Waals surface area contributed by atoms with E-state index in [1.807, 2.05) is 0 Å². The molecule has 3 N–H and O–H groups in total. The van der Waals surface area contributed by atoms with E-state index in [0.717, 1.165) is 0 Å². The maximum Gasteiger partial charge on any atom is 0.488 e. The van der Waals surface area contributed by atoms with Crippen molar-refractivity contribution in [3.8, 4) is 0 Å². The van der Waals surface area contributed by atoms with Crippen LogP contribution in [0.4, 0.5) is 0 Å². The summed E-state index contributed by atoms with van der Waals surface area (Å²) in [6.45, 7) is 1.72. The maximum atomic E-state index is 11.2. The normalized spacial score (nSPS) is 9.71. The molecule has 0 bridgehead atoms. The first-order chi connectivity index (χ1) is 6.56. The molecular weight excluding hydrogens is 181 g/mol. The smallest absolute Gasteiger partial charge is 0.423 e. The van der Waals surface area contributed by atoms with Crippen LogP contribution >= 0.6 is 0 Å². The highest BCUT2D eigenvalue weighted by Crippen LogP contribution is 2.02. The Balaban J connectivity index is 3.06. The predicted octanol–water partition coefficient (Wildman–Crippen LogP) is -0.966. The highest BCUT2D eigenvalue weighted by Gasteiger charge is 2.14. The van der Waals surface area contributed by atoms with Gasteiger partial charge in [-0.1, -0.05) is 11.6 Å². The number of nitrogens with one attached hydrogen (secondary N) is 1. The summed E-state index contributed by atoms with van der Waals surface area (Å²) in [5.74, 6) is -0.188. The Hall–Kier alpha value is -1.33. The van der Waals surface area contributed by atoms with Crippen LogP contribution in [0.3, 0.4) is 0 Å². The van der Waals surface area contributed by atoms with Gasteiger partial charge in [0.05, 0.1) is 0 Å². The van der Waals surface area contributed by atoms with E-state index in [2.05, 4.69) is 5.32 Å². The standard InChI is InChI=1S/C9H12BNO3/c1-6-5-7(9(12)11-2)3-4-8(6)10(13)14/h3-5,13-14H,1-2H3,(H,11,12). The number of amides is 1. The third-order valence-electron chi connectivity index (χ3n) is 2.04. The van der Waals surface area contributed by atoms with Crippen LogP contribution in [0, 0.1) is 6.92 Å². The molecule has 0 aromatic heterocycles. The van der Waals surface area contributed by atoms with Crippen molar-refractivity contribution in [2.45, 2.75) is 6.92 Å². The van der Waals surface area contributed by atoms with Gasteiger partial charge in [-0.3, -0.25) is 4.79 Å². The fraction of sp³-hybridized carbons (Fsp3) is 0.222. The molecule has 14 heavy (non-hydrogen) atoms. The van der Waals surface area contributed by atoms with E-state index < -0.39 is 7.12 Å². The quantitative estimate of drug-likeness (QED) is 0.529. The van der Waals surface area contributed by atoms with E-state index in [9.17, 15) is 4.79 Å². The van der Waals surface area contributed by atoms with Crippen LogP contribution in [0.2, 0.25) is 0 Å². The number of aryl methyl sites for hydroxylation is 1. The van der Waals surface area contributed by atoms with E-state index >= 15 is 0 Å². The molecule has 74 valence electrons. The van der Waals surface area contributed by atoms with Gasteiger partial charge in [0.25, 0.3) is 5.91 Å². The molecule has 0 heterocycles. The van der Waals surface area contributed by atoms with Crippen LogP contribution in [0.15, 0.2) is 18.2 Å². The summed E-state index contributed by atoms with van der Waals surface area (Å²) >= 11 is 0. The summed E-state index contributed by atoms with van der Waals surface area (Å²) in [6.07, 6.45) is 0. The van der Waals surface area contributed by atoms with Gasteiger partial charge in [-0.25, -0.2) is 0 Å². The summed E-state index contributed by atoms with van der Waals surface area (Å²) in [6, 6.07) is 4.71. The fourth-order valence-corrected chi connectivity index (χ4v) is 1.25. The van der Waals surface area contributed by atoms with Crippen LogP contribution in [0.1, 0.15) is 15.9 Å². The molecule has 0 fully saturated rings. The number of carbonyl (C=O) groups is 1. The lowest BCUT2D eigenvalue weighted by Gasteiger charge is -2.06. The zero-order chi connectivity index (χ0) is 10.7. The molecule has 0 aliphatic rings. The average Bonchev–Trinajstić information content (AvgIpc) is 2.15. The minimum Gasteiger partial charge on any atom is -0.423 e. The minimum absolute atomic E-state index is 0.188. The van der Waals surface area contributed by atoms with Crippen molar-refractivity contribution in [2.24, 2.45) is 0 Å². The molecular formula is C9H12BNO3. The third-order valence-corrected chi connectivity index (χ3v) is 2.04. The summed E-state index contributed by atoms with van der Waals surface area (Å²) in [4.78, 5) is 11.2. The first kappa shape index (κ1) is 10.8. The first-order valence-electron chi connectivity index (χ1n) is 4.25. The number of hydrogen-bond acceptors (Lipinski definition) is 3. The Morgan fingerprint density at radius 3 is 2.50 bits per heavy atom. The molecule has 0 aliphatic carbocycles. The Kier molecular flexibility index (Phi) is 3.27. The Morgan fingerprint density at radius 2 is 2.07 bits per heavy atom. The monoisotopic (exact) mass is 193 g/mol.